The average Bonchev–Trinajstić information content (AvgIpc) is 2.22. The first kappa shape index (κ1) is 12.5. The SMILES string of the molecule is C#CC(=O)C#C[C@@H](C)[C@@H](O)[C@H](C)C=C. The van der Waals surface area contributed by atoms with E-state index in [-0.39, 0.29) is 11.8 Å². The molecule has 0 spiro atoms. The van der Waals surface area contributed by atoms with Gasteiger partial charge in [-0.25, -0.2) is 0 Å². The number of ketones is 1. The third kappa shape index (κ3) is 3.94. The molecule has 0 aromatic rings. The predicted molar refractivity (Wildman–Crippen MR) is 56.1 cm³/mol. The molecular weight excluding hydrogens is 176 g/mol. The number of Topliss-reactive ketones (excluding diaryl/α,β-unsaturated/α-hetero) is 1. The molecule has 0 heterocycles. The Kier molecular flexibility index (Phi) is 5.37. The summed E-state index contributed by atoms with van der Waals surface area (Å²) in [6.07, 6.45) is 5.86. The lowest BCUT2D eigenvalue weighted by Gasteiger charge is -2.17. The highest BCUT2D eigenvalue weighted by atomic mass is 16.3. The smallest absolute Gasteiger partial charge is 0.278 e. The Labute approximate surface area is 85.0 Å². The van der Waals surface area contributed by atoms with Crippen LogP contribution in [0.5, 0.6) is 0 Å². The molecule has 2 nitrogen and oxygen atoms in total. The third-order valence-corrected chi connectivity index (χ3v) is 1.97. The second kappa shape index (κ2) is 6.02. The molecule has 0 amide bonds. The molecule has 0 aliphatic heterocycles. The van der Waals surface area contributed by atoms with Crippen LogP contribution in [0.1, 0.15) is 13.8 Å². The maximum absolute atomic E-state index is 10.7. The van der Waals surface area contributed by atoms with Gasteiger partial charge < -0.3 is 5.11 Å². The minimum Gasteiger partial charge on any atom is -0.391 e. The molecule has 1 N–H and O–H groups in total. The van der Waals surface area contributed by atoms with E-state index in [1.54, 1.807) is 13.0 Å². The van der Waals surface area contributed by atoms with Crippen LogP contribution in [0.3, 0.4) is 0 Å². The first-order valence-corrected chi connectivity index (χ1v) is 4.35. The third-order valence-electron chi connectivity index (χ3n) is 1.97. The fourth-order valence-electron chi connectivity index (χ4n) is 0.896. The van der Waals surface area contributed by atoms with Gasteiger partial charge in [-0.1, -0.05) is 18.9 Å². The zero-order chi connectivity index (χ0) is 11.1. The highest BCUT2D eigenvalue weighted by Gasteiger charge is 2.16. The van der Waals surface area contributed by atoms with Gasteiger partial charge in [0, 0.05) is 11.8 Å². The predicted octanol–water partition coefficient (Wildman–Crippen LogP) is 1.01. The van der Waals surface area contributed by atoms with Crippen LogP contribution in [0.4, 0.5) is 0 Å². The molecule has 0 bridgehead atoms. The number of carbonyl (C=O) groups excluding carboxylic acids is 1. The second-order valence-electron chi connectivity index (χ2n) is 3.12. The van der Waals surface area contributed by atoms with E-state index in [1.807, 2.05) is 12.8 Å². The Morgan fingerprint density at radius 1 is 1.57 bits per heavy atom. The number of aliphatic hydroxyl groups is 1. The van der Waals surface area contributed by atoms with Crippen LogP contribution in [0.15, 0.2) is 12.7 Å². The topological polar surface area (TPSA) is 37.3 Å². The highest BCUT2D eigenvalue weighted by molar-refractivity contribution is 6.08. The van der Waals surface area contributed by atoms with Crippen LogP contribution in [0.2, 0.25) is 0 Å². The first-order valence-electron chi connectivity index (χ1n) is 4.35. The van der Waals surface area contributed by atoms with E-state index in [0.29, 0.717) is 0 Å². The molecule has 0 radical (unpaired) electrons. The molecule has 74 valence electrons. The van der Waals surface area contributed by atoms with Gasteiger partial charge in [-0.05, 0) is 18.8 Å². The molecule has 3 atom stereocenters. The fourth-order valence-corrected chi connectivity index (χ4v) is 0.896. The summed E-state index contributed by atoms with van der Waals surface area (Å²) < 4.78 is 0. The van der Waals surface area contributed by atoms with E-state index in [9.17, 15) is 9.90 Å². The van der Waals surface area contributed by atoms with Crippen LogP contribution in [0, 0.1) is 36.0 Å². The Morgan fingerprint density at radius 2 is 2.14 bits per heavy atom. The van der Waals surface area contributed by atoms with E-state index in [4.69, 9.17) is 6.42 Å². The summed E-state index contributed by atoms with van der Waals surface area (Å²) in [4.78, 5) is 10.7. The van der Waals surface area contributed by atoms with Gasteiger partial charge in [0.25, 0.3) is 5.78 Å². The molecule has 0 aliphatic rings. The van der Waals surface area contributed by atoms with Crippen LogP contribution in [-0.2, 0) is 4.79 Å². The van der Waals surface area contributed by atoms with Crippen molar-refractivity contribution in [1.82, 2.24) is 0 Å². The summed E-state index contributed by atoms with van der Waals surface area (Å²) in [6, 6.07) is 0. The summed E-state index contributed by atoms with van der Waals surface area (Å²) in [5.41, 5.74) is 0. The monoisotopic (exact) mass is 190 g/mol. The Bertz CT molecular complexity index is 311. The van der Waals surface area contributed by atoms with Crippen molar-refractivity contribution in [2.24, 2.45) is 11.8 Å². The van der Waals surface area contributed by atoms with Crippen LogP contribution < -0.4 is 0 Å². The lowest BCUT2D eigenvalue weighted by Crippen LogP contribution is -2.23. The van der Waals surface area contributed by atoms with E-state index in [0.717, 1.165) is 0 Å². The van der Waals surface area contributed by atoms with Crippen molar-refractivity contribution in [2.45, 2.75) is 20.0 Å². The highest BCUT2D eigenvalue weighted by Crippen LogP contribution is 2.12. The molecule has 0 fully saturated rings. The number of hydrogen-bond acceptors (Lipinski definition) is 2. The quantitative estimate of drug-likeness (QED) is 0.410. The lowest BCUT2D eigenvalue weighted by molar-refractivity contribution is -0.108. The van der Waals surface area contributed by atoms with Crippen LogP contribution in [-0.4, -0.2) is 17.0 Å². The molecule has 0 saturated heterocycles. The lowest BCUT2D eigenvalue weighted by atomic mass is 9.94. The molecule has 0 unspecified atom stereocenters. The Morgan fingerprint density at radius 3 is 2.57 bits per heavy atom. The minimum absolute atomic E-state index is 0.0553. The number of terminal acetylenes is 1. The molecule has 0 saturated carbocycles. The molecule has 0 rings (SSSR count). The average molecular weight is 190 g/mol. The van der Waals surface area contributed by atoms with Gasteiger partial charge in [0.15, 0.2) is 0 Å². The second-order valence-corrected chi connectivity index (χ2v) is 3.12. The van der Waals surface area contributed by atoms with Gasteiger partial charge >= 0.3 is 0 Å². The van der Waals surface area contributed by atoms with Crippen molar-refractivity contribution >= 4 is 5.78 Å². The molecule has 0 aliphatic carbocycles. The number of aliphatic hydroxyl groups excluding tert-OH is 1. The van der Waals surface area contributed by atoms with E-state index < -0.39 is 11.9 Å². The van der Waals surface area contributed by atoms with E-state index >= 15 is 0 Å². The largest absolute Gasteiger partial charge is 0.391 e. The Balaban J connectivity index is 4.40. The number of carbonyl (C=O) groups is 1. The molecule has 0 aromatic heterocycles. The molecule has 2 heteroatoms. The maximum atomic E-state index is 10.7. The minimum atomic E-state index is -0.620. The van der Waals surface area contributed by atoms with Crippen LogP contribution >= 0.6 is 0 Å². The number of rotatable bonds is 3. The van der Waals surface area contributed by atoms with Gasteiger partial charge in [0.2, 0.25) is 0 Å². The standard InChI is InChI=1S/C12H14O2/c1-5-9(3)12(14)10(4)7-8-11(13)6-2/h2,5,9-10,12,14H,1H2,3-4H3/t9-,10-,12+/m1/s1. The van der Waals surface area contributed by atoms with Gasteiger partial charge in [-0.2, -0.15) is 0 Å². The first-order chi connectivity index (χ1) is 6.52. The summed E-state index contributed by atoms with van der Waals surface area (Å²) in [6.45, 7) is 7.14. The Hall–Kier alpha value is -1.51. The molecule has 0 aromatic carbocycles. The van der Waals surface area contributed by atoms with Crippen molar-refractivity contribution < 1.29 is 9.90 Å². The summed E-state index contributed by atoms with van der Waals surface area (Å²) in [5, 5.41) is 9.64. The normalized spacial score (nSPS) is 15.3. The maximum Gasteiger partial charge on any atom is 0.278 e. The molecule has 14 heavy (non-hydrogen) atoms. The van der Waals surface area contributed by atoms with Crippen molar-refractivity contribution in [2.75, 3.05) is 0 Å². The summed E-state index contributed by atoms with van der Waals surface area (Å²) >= 11 is 0. The fraction of sp³-hybridized carbons (Fsp3) is 0.417. The van der Waals surface area contributed by atoms with Crippen molar-refractivity contribution in [3.63, 3.8) is 0 Å². The van der Waals surface area contributed by atoms with Gasteiger partial charge in [-0.15, -0.1) is 13.0 Å². The van der Waals surface area contributed by atoms with Gasteiger partial charge in [0.1, 0.15) is 0 Å². The van der Waals surface area contributed by atoms with Gasteiger partial charge in [-0.3, -0.25) is 4.79 Å². The zero-order valence-corrected chi connectivity index (χ0v) is 8.45. The van der Waals surface area contributed by atoms with Crippen LogP contribution in [0.25, 0.3) is 0 Å². The van der Waals surface area contributed by atoms with Crippen molar-refractivity contribution in [3.8, 4) is 24.2 Å². The summed E-state index contributed by atoms with van der Waals surface area (Å²) in [7, 11) is 0. The van der Waals surface area contributed by atoms with E-state index in [1.165, 1.54) is 0 Å². The number of hydrogen-bond donors (Lipinski definition) is 1. The van der Waals surface area contributed by atoms with Crippen molar-refractivity contribution in [1.29, 1.82) is 0 Å². The van der Waals surface area contributed by atoms with Crippen molar-refractivity contribution in [3.05, 3.63) is 12.7 Å². The molecular formula is C12H14O2. The zero-order valence-electron chi connectivity index (χ0n) is 8.45. The van der Waals surface area contributed by atoms with Gasteiger partial charge in [0.05, 0.1) is 6.10 Å². The van der Waals surface area contributed by atoms with E-state index in [2.05, 4.69) is 18.4 Å². The summed E-state index contributed by atoms with van der Waals surface area (Å²) in [5.74, 6) is 5.86.